The molecule has 0 fully saturated rings. The van der Waals surface area contributed by atoms with Crippen molar-refractivity contribution in [2.45, 2.75) is 0 Å². The maximum Gasteiger partial charge on any atom is 3.00 e. The standard InChI is InChI=1S/3C15H11NS.Ir/c3*1-2-7-13(15-9-5-11-17-15)12(6-1)14-8-3-4-10-16-14;/h3*1-11H;/q;;;+3. The molecular formula is C45H33IrN3S3+3. The molecule has 9 aromatic rings. The quantitative estimate of drug-likeness (QED) is 0.167. The van der Waals surface area contributed by atoms with E-state index >= 15 is 0 Å². The predicted molar refractivity (Wildman–Crippen MR) is 219 cm³/mol. The zero-order valence-electron chi connectivity index (χ0n) is 28.0. The van der Waals surface area contributed by atoms with Crippen molar-refractivity contribution in [1.29, 1.82) is 0 Å². The zero-order chi connectivity index (χ0) is 34.5. The van der Waals surface area contributed by atoms with Gasteiger partial charge >= 0.3 is 20.1 Å². The summed E-state index contributed by atoms with van der Waals surface area (Å²) in [6.07, 6.45) is 5.50. The van der Waals surface area contributed by atoms with E-state index < -0.39 is 0 Å². The summed E-state index contributed by atoms with van der Waals surface area (Å²) in [6.45, 7) is 0. The maximum absolute atomic E-state index is 4.42. The van der Waals surface area contributed by atoms with E-state index in [1.54, 1.807) is 34.0 Å². The van der Waals surface area contributed by atoms with Crippen molar-refractivity contribution in [2.24, 2.45) is 0 Å². The third kappa shape index (κ3) is 9.20. The fraction of sp³-hybridized carbons (Fsp3) is 0. The number of benzene rings is 3. The Bertz CT molecular complexity index is 2080. The predicted octanol–water partition coefficient (Wildman–Crippen LogP) is 13.4. The molecule has 0 N–H and O–H groups in total. The van der Waals surface area contributed by atoms with Crippen molar-refractivity contribution >= 4 is 34.0 Å². The van der Waals surface area contributed by atoms with Crippen molar-refractivity contribution in [3.05, 3.63) is 199 Å². The third-order valence-corrected chi connectivity index (χ3v) is 10.7. The fourth-order valence-electron chi connectivity index (χ4n) is 5.63. The first-order valence-electron chi connectivity index (χ1n) is 16.5. The summed E-state index contributed by atoms with van der Waals surface area (Å²) in [6, 6.07) is 55.9. The molecule has 0 atom stereocenters. The van der Waals surface area contributed by atoms with Gasteiger partial charge in [0.2, 0.25) is 0 Å². The minimum Gasteiger partial charge on any atom is -0.256 e. The molecule has 0 aliphatic rings. The summed E-state index contributed by atoms with van der Waals surface area (Å²) in [5.41, 5.74) is 10.4. The number of nitrogens with zero attached hydrogens (tertiary/aromatic N) is 3. The van der Waals surface area contributed by atoms with Crippen molar-refractivity contribution in [3.63, 3.8) is 0 Å². The van der Waals surface area contributed by atoms with Gasteiger partial charge < -0.3 is 0 Å². The topological polar surface area (TPSA) is 38.7 Å². The Hall–Kier alpha value is -5.14. The Kier molecular flexibility index (Phi) is 13.3. The Labute approximate surface area is 330 Å². The number of rotatable bonds is 6. The summed E-state index contributed by atoms with van der Waals surface area (Å²) in [5.74, 6) is 0. The van der Waals surface area contributed by atoms with Gasteiger partial charge in [-0.25, -0.2) is 0 Å². The van der Waals surface area contributed by atoms with Crippen LogP contribution in [0, 0.1) is 0 Å². The van der Waals surface area contributed by atoms with Crippen LogP contribution in [0.5, 0.6) is 0 Å². The molecule has 0 radical (unpaired) electrons. The Balaban J connectivity index is 0.000000133. The zero-order valence-corrected chi connectivity index (χ0v) is 32.8. The second-order valence-electron chi connectivity index (χ2n) is 11.2. The second kappa shape index (κ2) is 18.9. The average Bonchev–Trinajstić information content (AvgIpc) is 4.05. The molecule has 7 heteroatoms. The van der Waals surface area contributed by atoms with Gasteiger partial charge in [0.15, 0.2) is 0 Å². The average molecular weight is 904 g/mol. The molecule has 6 aromatic heterocycles. The van der Waals surface area contributed by atoms with Crippen LogP contribution in [0.2, 0.25) is 0 Å². The summed E-state index contributed by atoms with van der Waals surface area (Å²) in [7, 11) is 0. The number of hydrogen-bond donors (Lipinski definition) is 0. The Morgan fingerprint density at radius 1 is 0.269 bits per heavy atom. The third-order valence-electron chi connectivity index (χ3n) is 7.96. The van der Waals surface area contributed by atoms with Crippen molar-refractivity contribution in [1.82, 2.24) is 15.0 Å². The van der Waals surface area contributed by atoms with E-state index in [9.17, 15) is 0 Å². The van der Waals surface area contributed by atoms with E-state index in [1.807, 2.05) is 73.2 Å². The minimum atomic E-state index is 0. The second-order valence-corrected chi connectivity index (χ2v) is 14.1. The number of hydrogen-bond acceptors (Lipinski definition) is 6. The fourth-order valence-corrected chi connectivity index (χ4v) is 7.92. The SMILES string of the molecule is [Ir+3].c1ccc(-c2ccccc2-c2cccs2)nc1.c1ccc(-c2ccccc2-c2cccs2)nc1.c1ccc(-c2ccccc2-c2cccs2)nc1. The van der Waals surface area contributed by atoms with Crippen LogP contribution >= 0.6 is 34.0 Å². The van der Waals surface area contributed by atoms with Gasteiger partial charge in [-0.15, -0.1) is 34.0 Å². The summed E-state index contributed by atoms with van der Waals surface area (Å²) >= 11 is 5.27. The van der Waals surface area contributed by atoms with Crippen molar-refractivity contribution in [3.8, 4) is 65.1 Å². The minimum absolute atomic E-state index is 0. The van der Waals surface area contributed by atoms with E-state index in [2.05, 4.69) is 140 Å². The molecule has 3 nitrogen and oxygen atoms in total. The molecule has 0 bridgehead atoms. The van der Waals surface area contributed by atoms with Crippen LogP contribution in [0.25, 0.3) is 65.1 Å². The van der Waals surface area contributed by atoms with Gasteiger partial charge in [-0.1, -0.05) is 109 Å². The molecule has 6 heterocycles. The van der Waals surface area contributed by atoms with E-state index in [-0.39, 0.29) is 20.1 Å². The molecule has 0 saturated heterocycles. The van der Waals surface area contributed by atoms with Crippen molar-refractivity contribution in [2.75, 3.05) is 0 Å². The first kappa shape index (κ1) is 36.6. The molecule has 9 rings (SSSR count). The van der Waals surface area contributed by atoms with Gasteiger partial charge in [-0.05, 0) is 70.7 Å². The normalized spacial score (nSPS) is 10.2. The van der Waals surface area contributed by atoms with Gasteiger partial charge in [0.1, 0.15) is 0 Å². The van der Waals surface area contributed by atoms with Gasteiger partial charge in [-0.2, -0.15) is 0 Å². The molecular weight excluding hydrogens is 871 g/mol. The number of aromatic nitrogens is 3. The van der Waals surface area contributed by atoms with Crippen LogP contribution in [0.15, 0.2) is 199 Å². The maximum atomic E-state index is 4.42. The van der Waals surface area contributed by atoms with Crippen molar-refractivity contribution < 1.29 is 20.1 Å². The summed E-state index contributed by atoms with van der Waals surface area (Å²) in [4.78, 5) is 17.1. The molecule has 0 aliphatic carbocycles. The first-order valence-corrected chi connectivity index (χ1v) is 19.1. The molecule has 3 aromatic carbocycles. The van der Waals surface area contributed by atoms with Crippen LogP contribution < -0.4 is 0 Å². The van der Waals surface area contributed by atoms with Crippen LogP contribution in [-0.2, 0) is 20.1 Å². The van der Waals surface area contributed by atoms with Gasteiger partial charge in [0.05, 0.1) is 17.1 Å². The first-order chi connectivity index (χ1) is 25.3. The largest absolute Gasteiger partial charge is 3.00 e. The molecule has 0 unspecified atom stereocenters. The summed E-state index contributed by atoms with van der Waals surface area (Å²) < 4.78 is 0. The van der Waals surface area contributed by atoms with E-state index in [0.29, 0.717) is 0 Å². The van der Waals surface area contributed by atoms with Gasteiger partial charge in [0, 0.05) is 66.6 Å². The number of thiophene rings is 3. The Morgan fingerprint density at radius 2 is 0.538 bits per heavy atom. The van der Waals surface area contributed by atoms with Crippen LogP contribution in [0.1, 0.15) is 0 Å². The summed E-state index contributed by atoms with van der Waals surface area (Å²) in [5, 5.41) is 6.31. The smallest absolute Gasteiger partial charge is 0.256 e. The monoisotopic (exact) mass is 904 g/mol. The van der Waals surface area contributed by atoms with Crippen LogP contribution in [0.4, 0.5) is 0 Å². The van der Waals surface area contributed by atoms with Crippen LogP contribution in [-0.4, -0.2) is 15.0 Å². The molecule has 0 aliphatic heterocycles. The van der Waals surface area contributed by atoms with E-state index in [4.69, 9.17) is 0 Å². The van der Waals surface area contributed by atoms with E-state index in [1.165, 1.54) is 48.0 Å². The Morgan fingerprint density at radius 3 is 0.769 bits per heavy atom. The number of pyridine rings is 3. The van der Waals surface area contributed by atoms with E-state index in [0.717, 1.165) is 17.1 Å². The molecule has 0 spiro atoms. The van der Waals surface area contributed by atoms with Gasteiger partial charge in [-0.3, -0.25) is 15.0 Å². The van der Waals surface area contributed by atoms with Crippen LogP contribution in [0.3, 0.4) is 0 Å². The molecule has 52 heavy (non-hydrogen) atoms. The van der Waals surface area contributed by atoms with Gasteiger partial charge in [0.25, 0.3) is 0 Å². The molecule has 252 valence electrons. The molecule has 0 amide bonds. The molecule has 0 saturated carbocycles.